The zero-order valence-electron chi connectivity index (χ0n) is 16.7. The first-order valence-electron chi connectivity index (χ1n) is 9.67. The second-order valence-corrected chi connectivity index (χ2v) is 10.2. The number of nitrogens with one attached hydrogen (secondary N) is 2. The number of nitrogens with zero attached hydrogens (tertiary/aromatic N) is 1. The van der Waals surface area contributed by atoms with Crippen LogP contribution in [0.5, 0.6) is 0 Å². The molecule has 0 saturated carbocycles. The third-order valence-electron chi connectivity index (χ3n) is 4.56. The molecule has 2 aromatic carbocycles. The highest BCUT2D eigenvalue weighted by Crippen LogP contribution is 2.21. The summed E-state index contributed by atoms with van der Waals surface area (Å²) in [6.45, 7) is 6.37. The van der Waals surface area contributed by atoms with E-state index in [0.29, 0.717) is 5.56 Å². The van der Waals surface area contributed by atoms with Crippen LogP contribution >= 0.6 is 11.8 Å². The molecule has 0 spiro atoms. The molecule has 6 nitrogen and oxygen atoms in total. The molecule has 0 atom stereocenters. The zero-order chi connectivity index (χ0) is 20.9. The molecule has 0 aromatic heterocycles. The summed E-state index contributed by atoms with van der Waals surface area (Å²) in [6.07, 6.45) is 0. The number of sulfonamides is 1. The molecule has 0 radical (unpaired) electrons. The van der Waals surface area contributed by atoms with E-state index >= 15 is 0 Å². The molecule has 0 aliphatic carbocycles. The number of carbonyl (C=O) groups excluding carboxylic acids is 1. The van der Waals surface area contributed by atoms with Gasteiger partial charge in [-0.05, 0) is 43.7 Å². The predicted octanol–water partition coefficient (Wildman–Crippen LogP) is 3.17. The Bertz CT molecular complexity index is 955. The molecule has 1 heterocycles. The van der Waals surface area contributed by atoms with Gasteiger partial charge in [-0.25, -0.2) is 13.1 Å². The Morgan fingerprint density at radius 3 is 2.55 bits per heavy atom. The summed E-state index contributed by atoms with van der Waals surface area (Å²) in [4.78, 5) is 15.3. The van der Waals surface area contributed by atoms with Crippen molar-refractivity contribution in [3.8, 4) is 0 Å². The minimum atomic E-state index is -3.65. The molecule has 8 heteroatoms. The first-order chi connectivity index (χ1) is 13.8. The van der Waals surface area contributed by atoms with Crippen molar-refractivity contribution in [2.75, 3.05) is 29.9 Å². The summed E-state index contributed by atoms with van der Waals surface area (Å²) in [5, 5.41) is 2.95. The van der Waals surface area contributed by atoms with Crippen molar-refractivity contribution in [2.24, 2.45) is 0 Å². The van der Waals surface area contributed by atoms with Crippen molar-refractivity contribution in [1.29, 1.82) is 0 Å². The Morgan fingerprint density at radius 2 is 1.83 bits per heavy atom. The molecule has 1 aliphatic rings. The van der Waals surface area contributed by atoms with Crippen LogP contribution in [0.15, 0.2) is 53.4 Å². The van der Waals surface area contributed by atoms with Gasteiger partial charge in [0.2, 0.25) is 10.0 Å². The summed E-state index contributed by atoms with van der Waals surface area (Å²) < 4.78 is 27.3. The highest BCUT2D eigenvalue weighted by Gasteiger charge is 2.18. The Balaban J connectivity index is 1.76. The molecule has 1 fully saturated rings. The molecule has 156 valence electrons. The largest absolute Gasteiger partial charge is 0.322 e. The van der Waals surface area contributed by atoms with E-state index in [1.807, 2.05) is 36.0 Å². The van der Waals surface area contributed by atoms with Gasteiger partial charge < -0.3 is 5.32 Å². The van der Waals surface area contributed by atoms with Crippen LogP contribution in [0.3, 0.4) is 0 Å². The number of carbonyl (C=O) groups is 1. The third-order valence-corrected chi connectivity index (χ3v) is 7.16. The van der Waals surface area contributed by atoms with Gasteiger partial charge in [-0.15, -0.1) is 0 Å². The fourth-order valence-electron chi connectivity index (χ4n) is 3.16. The van der Waals surface area contributed by atoms with E-state index in [-0.39, 0.29) is 16.8 Å². The van der Waals surface area contributed by atoms with Crippen LogP contribution in [0, 0.1) is 0 Å². The van der Waals surface area contributed by atoms with Gasteiger partial charge in [0.15, 0.2) is 0 Å². The Hall–Kier alpha value is -1.87. The van der Waals surface area contributed by atoms with Gasteiger partial charge in [-0.1, -0.05) is 24.3 Å². The second-order valence-electron chi connectivity index (χ2n) is 7.30. The first kappa shape index (κ1) is 21.8. The smallest absolute Gasteiger partial charge is 0.255 e. The highest BCUT2D eigenvalue weighted by atomic mass is 32.2. The number of amides is 1. The van der Waals surface area contributed by atoms with Crippen molar-refractivity contribution < 1.29 is 13.2 Å². The molecular weight excluding hydrogens is 406 g/mol. The predicted molar refractivity (Wildman–Crippen MR) is 119 cm³/mol. The van der Waals surface area contributed by atoms with Gasteiger partial charge in [0, 0.05) is 48.4 Å². The topological polar surface area (TPSA) is 78.5 Å². The van der Waals surface area contributed by atoms with Crippen LogP contribution in [0.25, 0.3) is 0 Å². The lowest BCUT2D eigenvalue weighted by atomic mass is 10.1. The van der Waals surface area contributed by atoms with Crippen molar-refractivity contribution in [3.63, 3.8) is 0 Å². The average molecular weight is 434 g/mol. The van der Waals surface area contributed by atoms with Crippen LogP contribution in [-0.2, 0) is 16.6 Å². The lowest BCUT2D eigenvalue weighted by Gasteiger charge is -2.27. The molecule has 0 bridgehead atoms. The molecular formula is C21H27N3O3S2. The summed E-state index contributed by atoms with van der Waals surface area (Å²) in [5.41, 5.74) is 2.11. The van der Waals surface area contributed by atoms with Crippen molar-refractivity contribution in [2.45, 2.75) is 31.3 Å². The maximum atomic E-state index is 12.8. The van der Waals surface area contributed by atoms with Crippen LogP contribution in [0.4, 0.5) is 5.69 Å². The zero-order valence-corrected chi connectivity index (χ0v) is 18.4. The number of benzene rings is 2. The van der Waals surface area contributed by atoms with Gasteiger partial charge in [0.1, 0.15) is 0 Å². The Labute approximate surface area is 177 Å². The molecule has 1 amide bonds. The molecule has 1 aliphatic heterocycles. The Morgan fingerprint density at radius 1 is 1.10 bits per heavy atom. The summed E-state index contributed by atoms with van der Waals surface area (Å²) >= 11 is 1.96. The molecule has 1 saturated heterocycles. The van der Waals surface area contributed by atoms with Gasteiger partial charge >= 0.3 is 0 Å². The van der Waals surface area contributed by atoms with Crippen LogP contribution in [0.2, 0.25) is 0 Å². The maximum Gasteiger partial charge on any atom is 0.255 e. The summed E-state index contributed by atoms with van der Waals surface area (Å²) in [5.74, 6) is 1.92. The van der Waals surface area contributed by atoms with Crippen LogP contribution < -0.4 is 10.0 Å². The van der Waals surface area contributed by atoms with Gasteiger partial charge in [0.05, 0.1) is 4.90 Å². The minimum Gasteiger partial charge on any atom is -0.322 e. The van der Waals surface area contributed by atoms with Gasteiger partial charge in [-0.3, -0.25) is 9.69 Å². The fourth-order valence-corrected chi connectivity index (χ4v) is 5.43. The quantitative estimate of drug-likeness (QED) is 0.701. The Kier molecular flexibility index (Phi) is 7.34. The van der Waals surface area contributed by atoms with Crippen molar-refractivity contribution in [1.82, 2.24) is 9.62 Å². The number of hydrogen-bond donors (Lipinski definition) is 2. The first-order valence-corrected chi connectivity index (χ1v) is 12.3. The van der Waals surface area contributed by atoms with E-state index in [1.54, 1.807) is 26.0 Å². The molecule has 2 aromatic rings. The molecule has 29 heavy (non-hydrogen) atoms. The summed E-state index contributed by atoms with van der Waals surface area (Å²) in [6, 6.07) is 13.6. The lowest BCUT2D eigenvalue weighted by Crippen LogP contribution is -2.32. The number of anilines is 1. The second kappa shape index (κ2) is 9.75. The lowest BCUT2D eigenvalue weighted by molar-refractivity contribution is 0.102. The number of para-hydroxylation sites is 1. The third kappa shape index (κ3) is 6.05. The number of thioether (sulfide) groups is 1. The van der Waals surface area contributed by atoms with Crippen LogP contribution in [0.1, 0.15) is 29.8 Å². The van der Waals surface area contributed by atoms with Crippen molar-refractivity contribution >= 4 is 33.4 Å². The van der Waals surface area contributed by atoms with E-state index < -0.39 is 10.0 Å². The molecule has 0 unspecified atom stereocenters. The molecule has 2 N–H and O–H groups in total. The average Bonchev–Trinajstić information content (AvgIpc) is 2.69. The monoisotopic (exact) mass is 433 g/mol. The minimum absolute atomic E-state index is 0.0814. The van der Waals surface area contributed by atoms with E-state index in [1.165, 1.54) is 12.1 Å². The van der Waals surface area contributed by atoms with Gasteiger partial charge in [-0.2, -0.15) is 11.8 Å². The van der Waals surface area contributed by atoms with Crippen LogP contribution in [-0.4, -0.2) is 49.9 Å². The normalized spacial score (nSPS) is 15.4. The van der Waals surface area contributed by atoms with E-state index in [9.17, 15) is 13.2 Å². The highest BCUT2D eigenvalue weighted by molar-refractivity contribution is 7.99. The number of hydrogen-bond acceptors (Lipinski definition) is 5. The van der Waals surface area contributed by atoms with E-state index in [2.05, 4.69) is 14.9 Å². The van der Waals surface area contributed by atoms with Crippen molar-refractivity contribution in [3.05, 3.63) is 59.7 Å². The SMILES string of the molecule is CC(C)NS(=O)(=O)c1cccc(C(=O)Nc2ccccc2CN2CCSCC2)c1. The van der Waals surface area contributed by atoms with E-state index in [0.717, 1.165) is 42.4 Å². The fraction of sp³-hybridized carbons (Fsp3) is 0.381. The van der Waals surface area contributed by atoms with Gasteiger partial charge in [0.25, 0.3) is 5.91 Å². The van der Waals surface area contributed by atoms with E-state index in [4.69, 9.17) is 0 Å². The maximum absolute atomic E-state index is 12.8. The summed E-state index contributed by atoms with van der Waals surface area (Å²) in [7, 11) is -3.65. The standard InChI is InChI=1S/C21H27N3O3S2/c1-16(2)23-29(26,27)19-8-5-7-17(14-19)21(25)22-20-9-4-3-6-18(20)15-24-10-12-28-13-11-24/h3-9,14,16,23H,10-13,15H2,1-2H3,(H,22,25). The molecule has 3 rings (SSSR count). The number of rotatable bonds is 7.